The number of anilines is 1. The average molecular weight is 231 g/mol. The van der Waals surface area contributed by atoms with Crippen LogP contribution in [0, 0.1) is 0 Å². The number of methoxy groups -OCH3 is 1. The number of aromatic nitrogens is 2. The van der Waals surface area contributed by atoms with Crippen molar-refractivity contribution in [3.05, 3.63) is 42.1 Å². The minimum Gasteiger partial charge on any atom is -0.497 e. The summed E-state index contributed by atoms with van der Waals surface area (Å²) in [7, 11) is 3.38. The van der Waals surface area contributed by atoms with Crippen molar-refractivity contribution in [1.29, 1.82) is 0 Å². The predicted octanol–water partition coefficient (Wildman–Crippen LogP) is 1.68. The first-order valence-corrected chi connectivity index (χ1v) is 5.14. The number of benzene rings is 1. The van der Waals surface area contributed by atoms with Crippen LogP contribution in [0.2, 0.25) is 0 Å². The van der Waals surface area contributed by atoms with Gasteiger partial charge in [-0.15, -0.1) is 0 Å². The molecule has 0 saturated carbocycles. The van der Waals surface area contributed by atoms with E-state index in [1.54, 1.807) is 55.4 Å². The van der Waals surface area contributed by atoms with Crippen molar-refractivity contribution in [2.45, 2.75) is 0 Å². The highest BCUT2D eigenvalue weighted by Gasteiger charge is 2.07. The molecule has 1 heterocycles. The van der Waals surface area contributed by atoms with Crippen molar-refractivity contribution in [2.24, 2.45) is 7.05 Å². The molecular weight excluding hydrogens is 218 g/mol. The van der Waals surface area contributed by atoms with Gasteiger partial charge in [0.1, 0.15) is 5.75 Å². The number of carbonyl (C=O) groups excluding carboxylic acids is 1. The Balaban J connectivity index is 2.09. The fourth-order valence-corrected chi connectivity index (χ4v) is 1.41. The van der Waals surface area contributed by atoms with Crippen LogP contribution in [0.4, 0.5) is 5.82 Å². The van der Waals surface area contributed by atoms with Crippen LogP contribution < -0.4 is 10.1 Å². The summed E-state index contributed by atoms with van der Waals surface area (Å²) in [5.41, 5.74) is 0.566. The van der Waals surface area contributed by atoms with Gasteiger partial charge in [0.2, 0.25) is 0 Å². The van der Waals surface area contributed by atoms with Crippen LogP contribution in [0.1, 0.15) is 10.4 Å². The highest BCUT2D eigenvalue weighted by molar-refractivity contribution is 6.03. The van der Waals surface area contributed by atoms with Gasteiger partial charge in [-0.25, -0.2) is 0 Å². The molecule has 0 unspecified atom stereocenters. The molecule has 2 aromatic rings. The van der Waals surface area contributed by atoms with Gasteiger partial charge >= 0.3 is 0 Å². The molecule has 0 aliphatic heterocycles. The summed E-state index contributed by atoms with van der Waals surface area (Å²) in [6, 6.07) is 8.64. The number of aryl methyl sites for hydroxylation is 1. The van der Waals surface area contributed by atoms with Gasteiger partial charge in [-0.1, -0.05) is 0 Å². The summed E-state index contributed by atoms with van der Waals surface area (Å²) in [6.45, 7) is 0. The summed E-state index contributed by atoms with van der Waals surface area (Å²) < 4.78 is 6.65. The zero-order valence-electron chi connectivity index (χ0n) is 9.68. The number of nitrogens with one attached hydrogen (secondary N) is 1. The lowest BCUT2D eigenvalue weighted by Gasteiger charge is -2.03. The molecule has 1 aromatic carbocycles. The van der Waals surface area contributed by atoms with Gasteiger partial charge in [0, 0.05) is 24.9 Å². The van der Waals surface area contributed by atoms with E-state index in [0.717, 1.165) is 5.75 Å². The first-order chi connectivity index (χ1) is 8.19. The molecule has 0 aliphatic carbocycles. The maximum Gasteiger partial charge on any atom is 0.256 e. The number of carbonyl (C=O) groups is 1. The summed E-state index contributed by atoms with van der Waals surface area (Å²) in [4.78, 5) is 11.8. The largest absolute Gasteiger partial charge is 0.497 e. The Labute approximate surface area is 99.0 Å². The third kappa shape index (κ3) is 2.63. The summed E-state index contributed by atoms with van der Waals surface area (Å²) >= 11 is 0. The van der Waals surface area contributed by atoms with E-state index in [4.69, 9.17) is 4.74 Å². The monoisotopic (exact) mass is 231 g/mol. The molecule has 0 spiro atoms. The van der Waals surface area contributed by atoms with Crippen LogP contribution in [0.25, 0.3) is 0 Å². The van der Waals surface area contributed by atoms with Gasteiger partial charge in [0.25, 0.3) is 5.91 Å². The van der Waals surface area contributed by atoms with Crippen molar-refractivity contribution >= 4 is 11.7 Å². The van der Waals surface area contributed by atoms with E-state index in [0.29, 0.717) is 11.4 Å². The van der Waals surface area contributed by atoms with Crippen LogP contribution >= 0.6 is 0 Å². The molecule has 1 amide bonds. The van der Waals surface area contributed by atoms with Crippen molar-refractivity contribution in [2.75, 3.05) is 12.4 Å². The number of rotatable bonds is 3. The lowest BCUT2D eigenvalue weighted by Crippen LogP contribution is -2.12. The molecule has 0 saturated heterocycles. The Morgan fingerprint density at radius 3 is 2.53 bits per heavy atom. The van der Waals surface area contributed by atoms with Crippen molar-refractivity contribution in [3.63, 3.8) is 0 Å². The molecule has 17 heavy (non-hydrogen) atoms. The minimum atomic E-state index is -0.189. The van der Waals surface area contributed by atoms with Gasteiger partial charge in [-0.2, -0.15) is 5.10 Å². The number of ether oxygens (including phenoxy) is 1. The lowest BCUT2D eigenvalue weighted by molar-refractivity contribution is 0.102. The molecule has 88 valence electrons. The Bertz CT molecular complexity index is 517. The van der Waals surface area contributed by atoms with Crippen LogP contribution in [0.3, 0.4) is 0 Å². The smallest absolute Gasteiger partial charge is 0.256 e. The Kier molecular flexibility index (Phi) is 3.09. The SMILES string of the molecule is COc1ccc(C(=O)Nc2ccn(C)n2)cc1. The van der Waals surface area contributed by atoms with Crippen LogP contribution in [0.5, 0.6) is 5.75 Å². The molecule has 0 bridgehead atoms. The quantitative estimate of drug-likeness (QED) is 0.874. The second kappa shape index (κ2) is 4.69. The molecule has 0 atom stereocenters. The second-order valence-electron chi connectivity index (χ2n) is 3.56. The molecule has 0 radical (unpaired) electrons. The van der Waals surface area contributed by atoms with E-state index in [1.165, 1.54) is 0 Å². The molecule has 1 aromatic heterocycles. The van der Waals surface area contributed by atoms with E-state index in [2.05, 4.69) is 10.4 Å². The molecule has 5 nitrogen and oxygen atoms in total. The maximum atomic E-state index is 11.8. The Hall–Kier alpha value is -2.30. The fraction of sp³-hybridized carbons (Fsp3) is 0.167. The minimum absolute atomic E-state index is 0.189. The molecule has 0 fully saturated rings. The van der Waals surface area contributed by atoms with E-state index in [-0.39, 0.29) is 5.91 Å². The Morgan fingerprint density at radius 2 is 2.00 bits per heavy atom. The lowest BCUT2D eigenvalue weighted by atomic mass is 10.2. The van der Waals surface area contributed by atoms with Crippen LogP contribution in [-0.4, -0.2) is 22.8 Å². The summed E-state index contributed by atoms with van der Waals surface area (Å²) in [5, 5.41) is 6.77. The fourth-order valence-electron chi connectivity index (χ4n) is 1.41. The normalized spacial score (nSPS) is 10.0. The summed E-state index contributed by atoms with van der Waals surface area (Å²) in [6.07, 6.45) is 1.77. The number of hydrogen-bond donors (Lipinski definition) is 1. The second-order valence-corrected chi connectivity index (χ2v) is 3.56. The first kappa shape index (κ1) is 11.2. The van der Waals surface area contributed by atoms with Crippen molar-refractivity contribution < 1.29 is 9.53 Å². The van der Waals surface area contributed by atoms with E-state index in [9.17, 15) is 4.79 Å². The Morgan fingerprint density at radius 1 is 1.29 bits per heavy atom. The first-order valence-electron chi connectivity index (χ1n) is 5.14. The van der Waals surface area contributed by atoms with E-state index < -0.39 is 0 Å². The van der Waals surface area contributed by atoms with E-state index >= 15 is 0 Å². The van der Waals surface area contributed by atoms with Crippen molar-refractivity contribution in [3.8, 4) is 5.75 Å². The standard InChI is InChI=1S/C12H13N3O2/c1-15-8-7-11(14-15)13-12(16)9-3-5-10(17-2)6-4-9/h3-8H,1-2H3,(H,13,14,16). The highest BCUT2D eigenvalue weighted by Crippen LogP contribution is 2.12. The number of hydrogen-bond acceptors (Lipinski definition) is 3. The third-order valence-corrected chi connectivity index (χ3v) is 2.31. The zero-order valence-corrected chi connectivity index (χ0v) is 9.68. The van der Waals surface area contributed by atoms with Gasteiger partial charge < -0.3 is 10.1 Å². The van der Waals surface area contributed by atoms with Crippen LogP contribution in [0.15, 0.2) is 36.5 Å². The van der Waals surface area contributed by atoms with Crippen LogP contribution in [-0.2, 0) is 7.05 Å². The zero-order chi connectivity index (χ0) is 12.3. The third-order valence-electron chi connectivity index (χ3n) is 2.31. The maximum absolute atomic E-state index is 11.8. The molecule has 0 aliphatic rings. The van der Waals surface area contributed by atoms with E-state index in [1.807, 2.05) is 0 Å². The molecule has 1 N–H and O–H groups in total. The predicted molar refractivity (Wildman–Crippen MR) is 64.2 cm³/mol. The number of nitrogens with zero attached hydrogens (tertiary/aromatic N) is 2. The van der Waals surface area contributed by atoms with Gasteiger partial charge in [-0.05, 0) is 24.3 Å². The summed E-state index contributed by atoms with van der Waals surface area (Å²) in [5.74, 6) is 1.07. The van der Waals surface area contributed by atoms with Crippen molar-refractivity contribution in [1.82, 2.24) is 9.78 Å². The molecule has 2 rings (SSSR count). The van der Waals surface area contributed by atoms with Gasteiger partial charge in [0.15, 0.2) is 5.82 Å². The highest BCUT2D eigenvalue weighted by atomic mass is 16.5. The average Bonchev–Trinajstić information content (AvgIpc) is 2.75. The van der Waals surface area contributed by atoms with Gasteiger partial charge in [0.05, 0.1) is 7.11 Å². The molecule has 5 heteroatoms. The topological polar surface area (TPSA) is 56.1 Å². The number of amides is 1. The molecular formula is C12H13N3O2. The van der Waals surface area contributed by atoms with Gasteiger partial charge in [-0.3, -0.25) is 9.48 Å².